The van der Waals surface area contributed by atoms with Crippen LogP contribution in [-0.4, -0.2) is 43.3 Å². The van der Waals surface area contributed by atoms with E-state index in [1.165, 1.54) is 0 Å². The summed E-state index contributed by atoms with van der Waals surface area (Å²) >= 11 is 0. The summed E-state index contributed by atoms with van der Waals surface area (Å²) in [4.78, 5) is 26.6. The van der Waals surface area contributed by atoms with Gasteiger partial charge in [0, 0.05) is 24.2 Å². The van der Waals surface area contributed by atoms with Crippen molar-refractivity contribution in [2.24, 2.45) is 0 Å². The minimum atomic E-state index is -0.555. The molecule has 0 radical (unpaired) electrons. The molecule has 0 aromatic heterocycles. The van der Waals surface area contributed by atoms with Crippen LogP contribution in [0.25, 0.3) is 10.8 Å². The summed E-state index contributed by atoms with van der Waals surface area (Å²) < 4.78 is 5.24. The largest absolute Gasteiger partial charge is 0.452 e. The number of aliphatic hydroxyl groups is 1. The van der Waals surface area contributed by atoms with Crippen LogP contribution in [0.2, 0.25) is 0 Å². The van der Waals surface area contributed by atoms with Gasteiger partial charge < -0.3 is 20.1 Å². The van der Waals surface area contributed by atoms with Crippen LogP contribution in [0, 0.1) is 0 Å². The van der Waals surface area contributed by atoms with Gasteiger partial charge in [-0.15, -0.1) is 0 Å². The van der Waals surface area contributed by atoms with Crippen LogP contribution in [0.5, 0.6) is 0 Å². The third-order valence-corrected chi connectivity index (χ3v) is 4.56. The minimum Gasteiger partial charge on any atom is -0.452 e. The zero-order chi connectivity index (χ0) is 20.6. The Hall–Kier alpha value is -3.38. The fraction of sp³-hybridized carbons (Fsp3) is 0.217. The van der Waals surface area contributed by atoms with E-state index < -0.39 is 5.97 Å². The van der Waals surface area contributed by atoms with Gasteiger partial charge in [-0.25, -0.2) is 4.79 Å². The average molecular weight is 392 g/mol. The number of aliphatic hydroxyl groups excluding tert-OH is 1. The number of anilines is 2. The molecule has 0 aliphatic carbocycles. The van der Waals surface area contributed by atoms with E-state index in [9.17, 15) is 9.59 Å². The molecular formula is C23H24N2O4. The predicted octanol–water partition coefficient (Wildman–Crippen LogP) is 3.45. The molecule has 6 heteroatoms. The summed E-state index contributed by atoms with van der Waals surface area (Å²) in [5, 5.41) is 13.8. The maximum atomic E-state index is 12.7. The SMILES string of the molecule is CCN(C(=O)COC(=O)c1ccc(NCCO)cc1)c1cccc2ccccc12. The topological polar surface area (TPSA) is 78.9 Å². The second-order valence-electron chi connectivity index (χ2n) is 6.44. The lowest BCUT2D eigenvalue weighted by Crippen LogP contribution is -2.34. The van der Waals surface area contributed by atoms with Crippen molar-refractivity contribution < 1.29 is 19.4 Å². The molecule has 150 valence electrons. The van der Waals surface area contributed by atoms with Crippen LogP contribution in [0.1, 0.15) is 17.3 Å². The van der Waals surface area contributed by atoms with Gasteiger partial charge in [-0.05, 0) is 42.6 Å². The summed E-state index contributed by atoms with van der Waals surface area (Å²) in [6.07, 6.45) is 0. The molecule has 0 spiro atoms. The van der Waals surface area contributed by atoms with E-state index in [0.717, 1.165) is 22.1 Å². The molecule has 1 amide bonds. The number of hydrogen-bond donors (Lipinski definition) is 2. The Balaban J connectivity index is 1.66. The lowest BCUT2D eigenvalue weighted by Gasteiger charge is -2.22. The Morgan fingerprint density at radius 1 is 1.00 bits per heavy atom. The Morgan fingerprint density at radius 2 is 1.72 bits per heavy atom. The molecule has 2 N–H and O–H groups in total. The summed E-state index contributed by atoms with van der Waals surface area (Å²) in [5.74, 6) is -0.834. The number of amides is 1. The van der Waals surface area contributed by atoms with E-state index in [1.54, 1.807) is 29.2 Å². The van der Waals surface area contributed by atoms with E-state index in [2.05, 4.69) is 5.32 Å². The number of nitrogens with zero attached hydrogens (tertiary/aromatic N) is 1. The van der Waals surface area contributed by atoms with Crippen LogP contribution in [-0.2, 0) is 9.53 Å². The number of fused-ring (bicyclic) bond motifs is 1. The van der Waals surface area contributed by atoms with Gasteiger partial charge in [-0.3, -0.25) is 4.79 Å². The molecule has 0 unspecified atom stereocenters. The van der Waals surface area contributed by atoms with Crippen LogP contribution in [0.3, 0.4) is 0 Å². The van der Waals surface area contributed by atoms with Crippen molar-refractivity contribution in [2.45, 2.75) is 6.92 Å². The van der Waals surface area contributed by atoms with E-state index in [0.29, 0.717) is 18.7 Å². The number of rotatable bonds is 8. The Labute approximate surface area is 169 Å². The first-order chi connectivity index (χ1) is 14.1. The van der Waals surface area contributed by atoms with E-state index in [-0.39, 0.29) is 19.1 Å². The number of benzene rings is 3. The van der Waals surface area contributed by atoms with Crippen molar-refractivity contribution in [3.63, 3.8) is 0 Å². The second-order valence-corrected chi connectivity index (χ2v) is 6.44. The van der Waals surface area contributed by atoms with Gasteiger partial charge in [0.15, 0.2) is 6.61 Å². The first-order valence-electron chi connectivity index (χ1n) is 9.54. The van der Waals surface area contributed by atoms with Crippen molar-refractivity contribution in [3.8, 4) is 0 Å². The van der Waals surface area contributed by atoms with Gasteiger partial charge in [0.2, 0.25) is 0 Å². The summed E-state index contributed by atoms with van der Waals surface area (Å²) in [7, 11) is 0. The normalized spacial score (nSPS) is 10.6. The molecule has 0 aliphatic rings. The summed E-state index contributed by atoms with van der Waals surface area (Å²) in [5.41, 5.74) is 1.95. The van der Waals surface area contributed by atoms with Gasteiger partial charge >= 0.3 is 5.97 Å². The molecule has 0 saturated carbocycles. The summed E-state index contributed by atoms with van der Waals surface area (Å²) in [6, 6.07) is 20.3. The fourth-order valence-corrected chi connectivity index (χ4v) is 3.14. The molecular weight excluding hydrogens is 368 g/mol. The average Bonchev–Trinajstić information content (AvgIpc) is 2.77. The van der Waals surface area contributed by atoms with Crippen molar-refractivity contribution in [1.82, 2.24) is 0 Å². The third-order valence-electron chi connectivity index (χ3n) is 4.56. The lowest BCUT2D eigenvalue weighted by molar-refractivity contribution is -0.121. The maximum Gasteiger partial charge on any atom is 0.338 e. The van der Waals surface area contributed by atoms with Gasteiger partial charge in [0.1, 0.15) is 0 Å². The first-order valence-corrected chi connectivity index (χ1v) is 9.54. The van der Waals surface area contributed by atoms with Crippen molar-refractivity contribution in [1.29, 1.82) is 0 Å². The molecule has 3 aromatic rings. The molecule has 3 rings (SSSR count). The Morgan fingerprint density at radius 3 is 2.45 bits per heavy atom. The molecule has 6 nitrogen and oxygen atoms in total. The number of carbonyl (C=O) groups is 2. The molecule has 0 bridgehead atoms. The summed E-state index contributed by atoms with van der Waals surface area (Å²) in [6.45, 7) is 2.48. The highest BCUT2D eigenvalue weighted by Gasteiger charge is 2.18. The number of carbonyl (C=O) groups excluding carboxylic acids is 2. The zero-order valence-electron chi connectivity index (χ0n) is 16.3. The maximum absolute atomic E-state index is 12.7. The predicted molar refractivity (Wildman–Crippen MR) is 114 cm³/mol. The zero-order valence-corrected chi connectivity index (χ0v) is 16.3. The van der Waals surface area contributed by atoms with Gasteiger partial charge in [-0.1, -0.05) is 36.4 Å². The Kier molecular flexibility index (Phi) is 6.81. The van der Waals surface area contributed by atoms with Crippen LogP contribution < -0.4 is 10.2 Å². The molecule has 3 aromatic carbocycles. The monoisotopic (exact) mass is 392 g/mol. The van der Waals surface area contributed by atoms with Gasteiger partial charge in [-0.2, -0.15) is 0 Å². The Bertz CT molecular complexity index is 980. The highest BCUT2D eigenvalue weighted by Crippen LogP contribution is 2.26. The number of hydrogen-bond acceptors (Lipinski definition) is 5. The van der Waals surface area contributed by atoms with Crippen LogP contribution >= 0.6 is 0 Å². The van der Waals surface area contributed by atoms with E-state index in [4.69, 9.17) is 9.84 Å². The lowest BCUT2D eigenvalue weighted by atomic mass is 10.1. The van der Waals surface area contributed by atoms with Crippen LogP contribution in [0.4, 0.5) is 11.4 Å². The van der Waals surface area contributed by atoms with Crippen LogP contribution in [0.15, 0.2) is 66.7 Å². The molecule has 0 saturated heterocycles. The molecule has 0 atom stereocenters. The number of ether oxygens (including phenoxy) is 1. The third kappa shape index (κ3) is 4.92. The number of esters is 1. The molecule has 0 heterocycles. The smallest absolute Gasteiger partial charge is 0.338 e. The second kappa shape index (κ2) is 9.71. The molecule has 29 heavy (non-hydrogen) atoms. The first kappa shape index (κ1) is 20.4. The quantitative estimate of drug-likeness (QED) is 0.574. The van der Waals surface area contributed by atoms with Crippen molar-refractivity contribution >= 4 is 34.0 Å². The molecule has 0 fully saturated rings. The fourth-order valence-electron chi connectivity index (χ4n) is 3.14. The molecule has 0 aliphatic heterocycles. The van der Waals surface area contributed by atoms with Gasteiger partial charge in [0.05, 0.1) is 17.9 Å². The van der Waals surface area contributed by atoms with Gasteiger partial charge in [0.25, 0.3) is 5.91 Å². The highest BCUT2D eigenvalue weighted by molar-refractivity contribution is 6.04. The standard InChI is InChI=1S/C23H24N2O4/c1-2-25(21-9-5-7-17-6-3-4-8-20(17)21)22(27)16-29-23(28)18-10-12-19(13-11-18)24-14-15-26/h3-13,24,26H,2,14-16H2,1H3. The minimum absolute atomic E-state index is 0.0243. The van der Waals surface area contributed by atoms with Crippen molar-refractivity contribution in [3.05, 3.63) is 72.3 Å². The number of nitrogens with one attached hydrogen (secondary N) is 1. The van der Waals surface area contributed by atoms with Crippen molar-refractivity contribution in [2.75, 3.05) is 36.5 Å². The highest BCUT2D eigenvalue weighted by atomic mass is 16.5. The number of likely N-dealkylation sites (N-methyl/N-ethyl adjacent to an activating group) is 1. The van der Waals surface area contributed by atoms with E-state index in [1.807, 2.05) is 49.4 Å². The van der Waals surface area contributed by atoms with E-state index >= 15 is 0 Å².